The molecule has 2 fully saturated rings. The van der Waals surface area contributed by atoms with Crippen molar-refractivity contribution in [2.24, 2.45) is 4.99 Å². The van der Waals surface area contributed by atoms with Gasteiger partial charge in [0.15, 0.2) is 5.17 Å². The summed E-state index contributed by atoms with van der Waals surface area (Å²) >= 11 is 1.56. The number of alkyl halides is 3. The highest BCUT2D eigenvalue weighted by molar-refractivity contribution is 8.14. The van der Waals surface area contributed by atoms with Crippen LogP contribution in [-0.2, 0) is 0 Å². The normalized spacial score (nSPS) is 26.6. The van der Waals surface area contributed by atoms with Crippen molar-refractivity contribution in [3.8, 4) is 0 Å². The van der Waals surface area contributed by atoms with Crippen molar-refractivity contribution in [1.82, 2.24) is 5.32 Å². The summed E-state index contributed by atoms with van der Waals surface area (Å²) in [6, 6.07) is 0. The SMILES string of the molecule is FC(F)(F)CCN=C1NC2(CCCC2)CS1. The lowest BCUT2D eigenvalue weighted by atomic mass is 10.0. The fraction of sp³-hybridized carbons (Fsp3) is 0.900. The number of nitrogens with zero attached hydrogens (tertiary/aromatic N) is 1. The molecule has 1 N–H and O–H groups in total. The van der Waals surface area contributed by atoms with E-state index in [0.717, 1.165) is 18.6 Å². The molecule has 6 heteroatoms. The van der Waals surface area contributed by atoms with Crippen molar-refractivity contribution in [2.75, 3.05) is 12.3 Å². The van der Waals surface area contributed by atoms with Gasteiger partial charge in [-0.1, -0.05) is 24.6 Å². The van der Waals surface area contributed by atoms with E-state index in [4.69, 9.17) is 0 Å². The van der Waals surface area contributed by atoms with Crippen LogP contribution in [0.1, 0.15) is 32.1 Å². The Balaban J connectivity index is 1.81. The molecule has 2 rings (SSSR count). The summed E-state index contributed by atoms with van der Waals surface area (Å²) in [5.41, 5.74) is 0.141. The van der Waals surface area contributed by atoms with Crippen LogP contribution >= 0.6 is 11.8 Å². The van der Waals surface area contributed by atoms with E-state index in [-0.39, 0.29) is 12.1 Å². The van der Waals surface area contributed by atoms with E-state index in [1.165, 1.54) is 12.8 Å². The molecule has 0 aromatic heterocycles. The Morgan fingerprint density at radius 3 is 2.62 bits per heavy atom. The van der Waals surface area contributed by atoms with Gasteiger partial charge in [0.2, 0.25) is 0 Å². The predicted octanol–water partition coefficient (Wildman–Crippen LogP) is 2.94. The smallest absolute Gasteiger partial charge is 0.359 e. The molecule has 2 nitrogen and oxygen atoms in total. The first-order valence-corrected chi connectivity index (χ1v) is 6.50. The molecule has 0 radical (unpaired) electrons. The fourth-order valence-corrected chi connectivity index (χ4v) is 3.44. The third-order valence-corrected chi connectivity index (χ3v) is 4.27. The number of amidine groups is 1. The Morgan fingerprint density at radius 2 is 2.00 bits per heavy atom. The van der Waals surface area contributed by atoms with Gasteiger partial charge in [0, 0.05) is 11.3 Å². The van der Waals surface area contributed by atoms with Crippen molar-refractivity contribution in [3.05, 3.63) is 0 Å². The Labute approximate surface area is 97.1 Å². The summed E-state index contributed by atoms with van der Waals surface area (Å²) in [5, 5.41) is 4.00. The van der Waals surface area contributed by atoms with Gasteiger partial charge in [0.05, 0.1) is 13.0 Å². The standard InChI is InChI=1S/C10H15F3N2S/c11-10(12,13)5-6-14-8-15-9(7-16-8)3-1-2-4-9/h1-7H2,(H,14,15). The second-order valence-electron chi connectivity index (χ2n) is 4.45. The highest BCUT2D eigenvalue weighted by Gasteiger charge is 2.39. The fourth-order valence-electron chi connectivity index (χ4n) is 2.20. The van der Waals surface area contributed by atoms with E-state index in [0.29, 0.717) is 5.17 Å². The third-order valence-electron chi connectivity index (χ3n) is 3.07. The Bertz CT molecular complexity index is 282. The Morgan fingerprint density at radius 1 is 1.31 bits per heavy atom. The molecular weight excluding hydrogens is 237 g/mol. The number of hydrogen-bond acceptors (Lipinski definition) is 2. The van der Waals surface area contributed by atoms with E-state index in [1.807, 2.05) is 0 Å². The van der Waals surface area contributed by atoms with Crippen LogP contribution in [0.4, 0.5) is 13.2 Å². The van der Waals surface area contributed by atoms with Crippen molar-refractivity contribution in [2.45, 2.75) is 43.8 Å². The average molecular weight is 252 g/mol. The van der Waals surface area contributed by atoms with Gasteiger partial charge in [-0.25, -0.2) is 0 Å². The molecule has 1 aliphatic carbocycles. The highest BCUT2D eigenvalue weighted by atomic mass is 32.2. The minimum absolute atomic E-state index is 0.141. The van der Waals surface area contributed by atoms with E-state index in [9.17, 15) is 13.2 Å². The first-order chi connectivity index (χ1) is 7.49. The molecule has 1 aliphatic heterocycles. The zero-order chi connectivity index (χ0) is 11.6. The Kier molecular flexibility index (Phi) is 3.37. The van der Waals surface area contributed by atoms with Crippen LogP contribution < -0.4 is 5.32 Å². The van der Waals surface area contributed by atoms with Crippen LogP contribution in [0.2, 0.25) is 0 Å². The van der Waals surface area contributed by atoms with Crippen LogP contribution in [-0.4, -0.2) is 29.2 Å². The van der Waals surface area contributed by atoms with Gasteiger partial charge in [-0.2, -0.15) is 13.2 Å². The van der Waals surface area contributed by atoms with Crippen molar-refractivity contribution in [1.29, 1.82) is 0 Å². The number of thioether (sulfide) groups is 1. The first kappa shape index (κ1) is 12.1. The lowest BCUT2D eigenvalue weighted by Crippen LogP contribution is -2.40. The molecule has 2 aliphatic rings. The maximum Gasteiger partial charge on any atom is 0.390 e. The molecule has 1 saturated carbocycles. The quantitative estimate of drug-likeness (QED) is 0.817. The number of halogens is 3. The van der Waals surface area contributed by atoms with Crippen LogP contribution in [0.25, 0.3) is 0 Å². The lowest BCUT2D eigenvalue weighted by molar-refractivity contribution is -0.132. The van der Waals surface area contributed by atoms with E-state index < -0.39 is 12.6 Å². The van der Waals surface area contributed by atoms with Gasteiger partial charge in [0.1, 0.15) is 0 Å². The van der Waals surface area contributed by atoms with Crippen molar-refractivity contribution < 1.29 is 13.2 Å². The molecule has 0 aromatic carbocycles. The molecular formula is C10H15F3N2S. The molecule has 0 aromatic rings. The van der Waals surface area contributed by atoms with Crippen molar-refractivity contribution in [3.63, 3.8) is 0 Å². The zero-order valence-electron chi connectivity index (χ0n) is 8.94. The van der Waals surface area contributed by atoms with E-state index in [1.54, 1.807) is 11.8 Å². The summed E-state index contributed by atoms with van der Waals surface area (Å²) in [5.74, 6) is 0.956. The van der Waals surface area contributed by atoms with Crippen LogP contribution in [0.15, 0.2) is 4.99 Å². The Hall–Kier alpha value is -0.390. The van der Waals surface area contributed by atoms with Gasteiger partial charge in [-0.05, 0) is 12.8 Å². The molecule has 0 bridgehead atoms. The van der Waals surface area contributed by atoms with Gasteiger partial charge in [0.25, 0.3) is 0 Å². The predicted molar refractivity (Wildman–Crippen MR) is 59.8 cm³/mol. The maximum atomic E-state index is 11.9. The summed E-state index contributed by atoms with van der Waals surface area (Å²) in [7, 11) is 0. The molecule has 1 saturated heterocycles. The number of nitrogens with one attached hydrogen (secondary N) is 1. The van der Waals surface area contributed by atoms with E-state index >= 15 is 0 Å². The monoisotopic (exact) mass is 252 g/mol. The first-order valence-electron chi connectivity index (χ1n) is 5.51. The van der Waals surface area contributed by atoms with Gasteiger partial charge < -0.3 is 5.32 Å². The van der Waals surface area contributed by atoms with E-state index in [2.05, 4.69) is 10.3 Å². The zero-order valence-corrected chi connectivity index (χ0v) is 9.76. The second kappa shape index (κ2) is 4.47. The molecule has 92 valence electrons. The molecule has 1 heterocycles. The van der Waals surface area contributed by atoms with Gasteiger partial charge in [-0.3, -0.25) is 4.99 Å². The summed E-state index contributed by atoms with van der Waals surface area (Å²) in [6.45, 7) is -0.158. The highest BCUT2D eigenvalue weighted by Crippen LogP contribution is 2.37. The molecule has 0 atom stereocenters. The third kappa shape index (κ3) is 3.06. The largest absolute Gasteiger partial charge is 0.390 e. The summed E-state index contributed by atoms with van der Waals surface area (Å²) in [6.07, 6.45) is -0.256. The lowest BCUT2D eigenvalue weighted by Gasteiger charge is -2.21. The minimum atomic E-state index is -4.10. The summed E-state index contributed by atoms with van der Waals surface area (Å²) < 4.78 is 35.8. The van der Waals surface area contributed by atoms with Crippen LogP contribution in [0.5, 0.6) is 0 Å². The van der Waals surface area contributed by atoms with Gasteiger partial charge in [-0.15, -0.1) is 0 Å². The van der Waals surface area contributed by atoms with Crippen molar-refractivity contribution >= 4 is 16.9 Å². The minimum Gasteiger partial charge on any atom is -0.359 e. The molecule has 0 unspecified atom stereocenters. The second-order valence-corrected chi connectivity index (χ2v) is 5.42. The average Bonchev–Trinajstić information content (AvgIpc) is 2.76. The van der Waals surface area contributed by atoms with Crippen LogP contribution in [0.3, 0.4) is 0 Å². The van der Waals surface area contributed by atoms with Gasteiger partial charge >= 0.3 is 6.18 Å². The number of aliphatic imine (C=N–C) groups is 1. The molecule has 0 amide bonds. The molecule has 1 spiro atoms. The van der Waals surface area contributed by atoms with Crippen LogP contribution in [0, 0.1) is 0 Å². The summed E-state index contributed by atoms with van der Waals surface area (Å²) in [4.78, 5) is 3.98. The maximum absolute atomic E-state index is 11.9. The molecule has 16 heavy (non-hydrogen) atoms. The topological polar surface area (TPSA) is 24.4 Å². The number of hydrogen-bond donors (Lipinski definition) is 1. The number of rotatable bonds is 2.